The van der Waals surface area contributed by atoms with Crippen molar-refractivity contribution < 1.29 is 9.18 Å². The van der Waals surface area contributed by atoms with E-state index in [1.165, 1.54) is 25.7 Å². The molecule has 3 heteroatoms. The third-order valence-electron chi connectivity index (χ3n) is 3.38. The second-order valence-corrected chi connectivity index (χ2v) is 5.72. The van der Waals surface area contributed by atoms with Crippen molar-refractivity contribution in [3.8, 4) is 0 Å². The van der Waals surface area contributed by atoms with Crippen LogP contribution in [0.25, 0.3) is 0 Å². The molecule has 0 saturated heterocycles. The Morgan fingerprint density at radius 1 is 1.40 bits per heavy atom. The number of amides is 1. The first-order valence-corrected chi connectivity index (χ1v) is 5.85. The first-order chi connectivity index (χ1) is 6.89. The maximum Gasteiger partial charge on any atom is 0.397 e. The largest absolute Gasteiger partial charge is 0.397 e. The van der Waals surface area contributed by atoms with Crippen LogP contribution in [0.3, 0.4) is 0 Å². The summed E-state index contributed by atoms with van der Waals surface area (Å²) in [6.45, 7) is 6.13. The minimum Gasteiger partial charge on any atom is -0.325 e. The highest BCUT2D eigenvalue weighted by Gasteiger charge is 2.29. The topological polar surface area (TPSA) is 29.1 Å². The summed E-state index contributed by atoms with van der Waals surface area (Å²) < 4.78 is 12.4. The van der Waals surface area contributed by atoms with Gasteiger partial charge in [-0.1, -0.05) is 46.5 Å². The zero-order valence-corrected chi connectivity index (χ0v) is 9.98. The molecule has 1 N–H and O–H groups in total. The summed E-state index contributed by atoms with van der Waals surface area (Å²) in [4.78, 5) is 10.5. The molecule has 0 aromatic rings. The number of rotatable bonds is 3. The van der Waals surface area contributed by atoms with E-state index in [-0.39, 0.29) is 11.5 Å². The van der Waals surface area contributed by atoms with E-state index in [0.29, 0.717) is 5.92 Å². The van der Waals surface area contributed by atoms with Crippen LogP contribution in [0.4, 0.5) is 9.18 Å². The van der Waals surface area contributed by atoms with E-state index in [9.17, 15) is 9.18 Å². The number of carbonyl (C=O) groups excluding carboxylic acids is 1. The van der Waals surface area contributed by atoms with E-state index in [1.807, 2.05) is 20.8 Å². The van der Waals surface area contributed by atoms with Gasteiger partial charge in [0.15, 0.2) is 0 Å². The number of hydrogen-bond acceptors (Lipinski definition) is 1. The van der Waals surface area contributed by atoms with Gasteiger partial charge in [-0.3, -0.25) is 0 Å². The van der Waals surface area contributed by atoms with Gasteiger partial charge >= 0.3 is 6.16 Å². The predicted molar refractivity (Wildman–Crippen MR) is 59.5 cm³/mol. The van der Waals surface area contributed by atoms with Gasteiger partial charge in [0.25, 0.3) is 0 Å². The SMILES string of the molecule is CC(C)(C)C(CC1CCCC1)NC(=O)F. The Labute approximate surface area is 91.6 Å². The fourth-order valence-electron chi connectivity index (χ4n) is 2.35. The average Bonchev–Trinajstić information content (AvgIpc) is 2.53. The number of carbonyl (C=O) groups is 1. The molecule has 1 aliphatic carbocycles. The van der Waals surface area contributed by atoms with E-state index in [0.717, 1.165) is 6.42 Å². The van der Waals surface area contributed by atoms with E-state index in [4.69, 9.17) is 0 Å². The van der Waals surface area contributed by atoms with Gasteiger partial charge < -0.3 is 5.32 Å². The van der Waals surface area contributed by atoms with Crippen molar-refractivity contribution in [1.29, 1.82) is 0 Å². The molecule has 88 valence electrons. The van der Waals surface area contributed by atoms with Crippen LogP contribution in [0, 0.1) is 11.3 Å². The van der Waals surface area contributed by atoms with Crippen molar-refractivity contribution >= 4 is 6.16 Å². The first-order valence-electron chi connectivity index (χ1n) is 5.85. The van der Waals surface area contributed by atoms with Gasteiger partial charge in [0, 0.05) is 6.04 Å². The van der Waals surface area contributed by atoms with Crippen molar-refractivity contribution in [1.82, 2.24) is 5.32 Å². The summed E-state index contributed by atoms with van der Waals surface area (Å²) in [5, 5.41) is 2.44. The number of hydrogen-bond donors (Lipinski definition) is 1. The molecule has 0 aromatic heterocycles. The van der Waals surface area contributed by atoms with E-state index < -0.39 is 6.16 Å². The monoisotopic (exact) mass is 215 g/mol. The van der Waals surface area contributed by atoms with Gasteiger partial charge in [0.1, 0.15) is 0 Å². The van der Waals surface area contributed by atoms with Gasteiger partial charge in [-0.05, 0) is 17.8 Å². The summed E-state index contributed by atoms with van der Waals surface area (Å²) in [5.74, 6) is 0.668. The van der Waals surface area contributed by atoms with Crippen molar-refractivity contribution in [2.75, 3.05) is 0 Å². The molecule has 1 aliphatic rings. The fraction of sp³-hybridized carbons (Fsp3) is 0.917. The summed E-state index contributed by atoms with van der Waals surface area (Å²) in [5.41, 5.74) is -0.0651. The molecule has 15 heavy (non-hydrogen) atoms. The lowest BCUT2D eigenvalue weighted by Crippen LogP contribution is -2.43. The van der Waals surface area contributed by atoms with E-state index >= 15 is 0 Å². The quantitative estimate of drug-likeness (QED) is 0.565. The van der Waals surface area contributed by atoms with Crippen LogP contribution >= 0.6 is 0 Å². The van der Waals surface area contributed by atoms with Crippen molar-refractivity contribution in [2.24, 2.45) is 11.3 Å². The molecular formula is C12H22FNO. The molecule has 0 bridgehead atoms. The Morgan fingerprint density at radius 3 is 2.33 bits per heavy atom. The smallest absolute Gasteiger partial charge is 0.325 e. The highest BCUT2D eigenvalue weighted by Crippen LogP contribution is 2.33. The summed E-state index contributed by atoms with van der Waals surface area (Å²) >= 11 is 0. The summed E-state index contributed by atoms with van der Waals surface area (Å²) in [6.07, 6.45) is 4.55. The van der Waals surface area contributed by atoms with Crippen LogP contribution < -0.4 is 5.32 Å². The molecule has 0 radical (unpaired) electrons. The van der Waals surface area contributed by atoms with Crippen molar-refractivity contribution in [2.45, 2.75) is 58.9 Å². The first kappa shape index (κ1) is 12.5. The maximum absolute atomic E-state index is 12.4. The molecule has 1 amide bonds. The molecule has 1 fully saturated rings. The van der Waals surface area contributed by atoms with Crippen LogP contribution in [0.15, 0.2) is 0 Å². The van der Waals surface area contributed by atoms with Gasteiger partial charge in [0.2, 0.25) is 0 Å². The zero-order valence-electron chi connectivity index (χ0n) is 9.98. The Bertz CT molecular complexity index is 216. The molecular weight excluding hydrogens is 193 g/mol. The molecule has 0 heterocycles. The van der Waals surface area contributed by atoms with Gasteiger partial charge in [-0.15, -0.1) is 4.39 Å². The third kappa shape index (κ3) is 4.18. The van der Waals surface area contributed by atoms with Gasteiger partial charge in [0.05, 0.1) is 0 Å². The fourth-order valence-corrected chi connectivity index (χ4v) is 2.35. The van der Waals surface area contributed by atoms with Crippen molar-refractivity contribution in [3.05, 3.63) is 0 Å². The molecule has 0 aliphatic heterocycles. The molecule has 1 unspecified atom stereocenters. The Morgan fingerprint density at radius 2 is 1.93 bits per heavy atom. The zero-order chi connectivity index (χ0) is 11.5. The summed E-state index contributed by atoms with van der Waals surface area (Å²) in [7, 11) is 0. The van der Waals surface area contributed by atoms with Crippen molar-refractivity contribution in [3.63, 3.8) is 0 Å². The number of halogens is 1. The molecule has 1 saturated carbocycles. The standard InChI is InChI=1S/C12H22FNO/c1-12(2,3)10(14-11(13)15)8-9-6-4-5-7-9/h9-10H,4-8H2,1-3H3,(H,14,15). The molecule has 0 spiro atoms. The van der Waals surface area contributed by atoms with Crippen LogP contribution in [0.1, 0.15) is 52.9 Å². The second kappa shape index (κ2) is 4.95. The third-order valence-corrected chi connectivity index (χ3v) is 3.38. The van der Waals surface area contributed by atoms with Crippen LogP contribution in [-0.4, -0.2) is 12.2 Å². The second-order valence-electron chi connectivity index (χ2n) is 5.72. The predicted octanol–water partition coefficient (Wildman–Crippen LogP) is 3.66. The molecule has 1 rings (SSSR count). The van der Waals surface area contributed by atoms with E-state index in [1.54, 1.807) is 0 Å². The minimum absolute atomic E-state index is 0.0434. The van der Waals surface area contributed by atoms with Crippen LogP contribution in [0.2, 0.25) is 0 Å². The van der Waals surface area contributed by atoms with Gasteiger partial charge in [-0.2, -0.15) is 0 Å². The Hall–Kier alpha value is -0.600. The normalized spacial score (nSPS) is 20.3. The molecule has 1 atom stereocenters. The molecule has 0 aromatic carbocycles. The van der Waals surface area contributed by atoms with Crippen LogP contribution in [0.5, 0.6) is 0 Å². The average molecular weight is 215 g/mol. The van der Waals surface area contributed by atoms with E-state index in [2.05, 4.69) is 5.32 Å². The lowest BCUT2D eigenvalue weighted by molar-refractivity contribution is 0.187. The van der Waals surface area contributed by atoms with Crippen LogP contribution in [-0.2, 0) is 0 Å². The highest BCUT2D eigenvalue weighted by atomic mass is 19.1. The maximum atomic E-state index is 12.4. The van der Waals surface area contributed by atoms with Gasteiger partial charge in [-0.25, -0.2) is 4.79 Å². The number of nitrogens with one attached hydrogen (secondary N) is 1. The highest BCUT2D eigenvalue weighted by molar-refractivity contribution is 5.66. The summed E-state index contributed by atoms with van der Waals surface area (Å²) in [6, 6.07) is -0.0434. The minimum atomic E-state index is -1.40. The lowest BCUT2D eigenvalue weighted by Gasteiger charge is -2.32. The lowest BCUT2D eigenvalue weighted by atomic mass is 9.81. The Kier molecular flexibility index (Phi) is 4.12. The Balaban J connectivity index is 2.51. The molecule has 2 nitrogen and oxygen atoms in total.